The van der Waals surface area contributed by atoms with E-state index in [2.05, 4.69) is 15.4 Å². The standard InChI is InChI=1S/C8H8N4O4/c1-2-16-6(13)4(3-9)5-10-7(14)12-8(15)11-5/h2H2,1H3,(H3,10,11,12,14,15). The molecule has 0 saturated carbocycles. The third-order valence-corrected chi connectivity index (χ3v) is 1.55. The fraction of sp³-hybridized carbons (Fsp3) is 0.250. The lowest BCUT2D eigenvalue weighted by molar-refractivity contribution is -0.138. The number of rotatable bonds is 2. The summed E-state index contributed by atoms with van der Waals surface area (Å²) in [7, 11) is 0. The number of esters is 1. The lowest BCUT2D eigenvalue weighted by atomic mass is 10.3. The molecular weight excluding hydrogens is 216 g/mol. The molecule has 84 valence electrons. The van der Waals surface area contributed by atoms with Crippen molar-refractivity contribution in [1.82, 2.24) is 16.0 Å². The summed E-state index contributed by atoms with van der Waals surface area (Å²) in [6.07, 6.45) is 0. The zero-order valence-electron chi connectivity index (χ0n) is 8.29. The van der Waals surface area contributed by atoms with Gasteiger partial charge in [-0.15, -0.1) is 0 Å². The number of amides is 4. The summed E-state index contributed by atoms with van der Waals surface area (Å²) < 4.78 is 4.58. The molecule has 8 nitrogen and oxygen atoms in total. The molecule has 0 radical (unpaired) electrons. The lowest BCUT2D eigenvalue weighted by Gasteiger charge is -2.18. The van der Waals surface area contributed by atoms with E-state index in [0.29, 0.717) is 0 Å². The van der Waals surface area contributed by atoms with Gasteiger partial charge in [0, 0.05) is 0 Å². The Hall–Kier alpha value is -2.56. The van der Waals surface area contributed by atoms with Crippen LogP contribution in [0.15, 0.2) is 11.4 Å². The first-order valence-electron chi connectivity index (χ1n) is 4.29. The summed E-state index contributed by atoms with van der Waals surface area (Å²) in [5.74, 6) is -1.20. The zero-order chi connectivity index (χ0) is 12.1. The van der Waals surface area contributed by atoms with Gasteiger partial charge in [0.25, 0.3) is 0 Å². The predicted octanol–water partition coefficient (Wildman–Crippen LogP) is -0.693. The summed E-state index contributed by atoms with van der Waals surface area (Å²) in [6.45, 7) is 1.65. The predicted molar refractivity (Wildman–Crippen MR) is 49.5 cm³/mol. The van der Waals surface area contributed by atoms with Gasteiger partial charge in [-0.05, 0) is 6.92 Å². The van der Waals surface area contributed by atoms with E-state index in [0.717, 1.165) is 0 Å². The third-order valence-electron chi connectivity index (χ3n) is 1.55. The molecule has 0 aromatic rings. The van der Waals surface area contributed by atoms with Crippen LogP contribution in [-0.4, -0.2) is 24.6 Å². The Morgan fingerprint density at radius 1 is 1.31 bits per heavy atom. The molecule has 16 heavy (non-hydrogen) atoms. The second-order valence-corrected chi connectivity index (χ2v) is 2.62. The number of nitrogens with zero attached hydrogens (tertiary/aromatic N) is 1. The highest BCUT2D eigenvalue weighted by Gasteiger charge is 2.24. The van der Waals surface area contributed by atoms with Gasteiger partial charge in [-0.1, -0.05) is 0 Å². The van der Waals surface area contributed by atoms with Crippen molar-refractivity contribution in [2.45, 2.75) is 6.92 Å². The molecule has 1 aliphatic rings. The minimum atomic E-state index is -0.914. The van der Waals surface area contributed by atoms with Crippen LogP contribution in [0.4, 0.5) is 9.59 Å². The molecule has 1 heterocycles. The first-order chi connectivity index (χ1) is 7.58. The molecular formula is C8H8N4O4. The zero-order valence-corrected chi connectivity index (χ0v) is 8.29. The van der Waals surface area contributed by atoms with Crippen molar-refractivity contribution in [3.63, 3.8) is 0 Å². The Labute approximate surface area is 90.2 Å². The summed E-state index contributed by atoms with van der Waals surface area (Å²) in [5, 5.41) is 14.8. The Morgan fingerprint density at radius 3 is 2.31 bits per heavy atom. The van der Waals surface area contributed by atoms with Crippen LogP contribution < -0.4 is 16.0 Å². The van der Waals surface area contributed by atoms with E-state index in [9.17, 15) is 14.4 Å². The van der Waals surface area contributed by atoms with E-state index in [1.54, 1.807) is 13.0 Å². The van der Waals surface area contributed by atoms with Crippen molar-refractivity contribution in [3.8, 4) is 6.07 Å². The van der Waals surface area contributed by atoms with Crippen LogP contribution in [0.1, 0.15) is 6.92 Å². The average molecular weight is 224 g/mol. The first-order valence-corrected chi connectivity index (χ1v) is 4.29. The van der Waals surface area contributed by atoms with Crippen molar-refractivity contribution in [1.29, 1.82) is 5.26 Å². The molecule has 0 spiro atoms. The number of nitrogens with one attached hydrogen (secondary N) is 3. The molecule has 0 aromatic heterocycles. The number of ether oxygens (including phenoxy) is 1. The van der Waals surface area contributed by atoms with Gasteiger partial charge < -0.3 is 4.74 Å². The minimum Gasteiger partial charge on any atom is -0.462 e. The molecule has 1 saturated heterocycles. The molecule has 0 aliphatic carbocycles. The second-order valence-electron chi connectivity index (χ2n) is 2.62. The maximum atomic E-state index is 11.3. The molecule has 0 atom stereocenters. The summed E-state index contributed by atoms with van der Waals surface area (Å²) >= 11 is 0. The second kappa shape index (κ2) is 4.79. The van der Waals surface area contributed by atoms with Gasteiger partial charge in [0.1, 0.15) is 11.9 Å². The van der Waals surface area contributed by atoms with Crippen LogP contribution in [-0.2, 0) is 9.53 Å². The topological polar surface area (TPSA) is 120 Å². The molecule has 0 bridgehead atoms. The van der Waals surface area contributed by atoms with Crippen LogP contribution in [0.5, 0.6) is 0 Å². The smallest absolute Gasteiger partial charge is 0.352 e. The van der Waals surface area contributed by atoms with Crippen LogP contribution in [0.3, 0.4) is 0 Å². The molecule has 4 amide bonds. The lowest BCUT2D eigenvalue weighted by Crippen LogP contribution is -2.54. The van der Waals surface area contributed by atoms with Gasteiger partial charge in [0.05, 0.1) is 6.61 Å². The van der Waals surface area contributed by atoms with Crippen molar-refractivity contribution < 1.29 is 19.1 Å². The van der Waals surface area contributed by atoms with Crippen LogP contribution in [0.25, 0.3) is 0 Å². The van der Waals surface area contributed by atoms with Crippen molar-refractivity contribution in [2.75, 3.05) is 6.61 Å². The first kappa shape index (κ1) is 11.5. The fourth-order valence-corrected chi connectivity index (χ4v) is 0.956. The maximum Gasteiger partial charge on any atom is 0.352 e. The largest absolute Gasteiger partial charge is 0.462 e. The molecule has 0 unspecified atom stereocenters. The van der Waals surface area contributed by atoms with Gasteiger partial charge in [0.15, 0.2) is 5.57 Å². The van der Waals surface area contributed by atoms with Gasteiger partial charge in [-0.25, -0.2) is 14.4 Å². The molecule has 3 N–H and O–H groups in total. The van der Waals surface area contributed by atoms with E-state index in [1.165, 1.54) is 0 Å². The summed E-state index contributed by atoms with van der Waals surface area (Å²) in [5.41, 5.74) is -0.468. The molecule has 1 fully saturated rings. The fourth-order valence-electron chi connectivity index (χ4n) is 0.956. The summed E-state index contributed by atoms with van der Waals surface area (Å²) in [6, 6.07) is -0.101. The number of hydrogen-bond donors (Lipinski definition) is 3. The van der Waals surface area contributed by atoms with Crippen LogP contribution in [0, 0.1) is 11.3 Å². The van der Waals surface area contributed by atoms with E-state index in [4.69, 9.17) is 5.26 Å². The number of carbonyl (C=O) groups excluding carboxylic acids is 3. The molecule has 0 aromatic carbocycles. The number of carbonyl (C=O) groups is 3. The highest BCUT2D eigenvalue weighted by molar-refractivity contribution is 6.01. The molecule has 8 heteroatoms. The van der Waals surface area contributed by atoms with E-state index in [1.807, 2.05) is 5.32 Å². The number of nitriles is 1. The van der Waals surface area contributed by atoms with Gasteiger partial charge in [-0.2, -0.15) is 5.26 Å². The monoisotopic (exact) mass is 224 g/mol. The average Bonchev–Trinajstić information content (AvgIpc) is 2.17. The summed E-state index contributed by atoms with van der Waals surface area (Å²) in [4.78, 5) is 33.1. The quantitative estimate of drug-likeness (QED) is 0.325. The van der Waals surface area contributed by atoms with Crippen LogP contribution >= 0.6 is 0 Å². The Bertz CT molecular complexity index is 402. The third kappa shape index (κ3) is 2.48. The Balaban J connectivity index is 2.99. The number of imide groups is 1. The van der Waals surface area contributed by atoms with Gasteiger partial charge in [0.2, 0.25) is 0 Å². The van der Waals surface area contributed by atoms with Crippen molar-refractivity contribution >= 4 is 18.0 Å². The number of hydrogen-bond acceptors (Lipinski definition) is 5. The van der Waals surface area contributed by atoms with Crippen LogP contribution in [0.2, 0.25) is 0 Å². The van der Waals surface area contributed by atoms with Crippen molar-refractivity contribution in [3.05, 3.63) is 11.4 Å². The Morgan fingerprint density at radius 2 is 1.88 bits per heavy atom. The normalized spacial score (nSPS) is 14.1. The SMILES string of the molecule is CCOC(=O)C(C#N)=C1NC(=O)NC(=O)N1. The number of urea groups is 2. The highest BCUT2D eigenvalue weighted by Crippen LogP contribution is 2.03. The maximum absolute atomic E-state index is 11.3. The minimum absolute atomic E-state index is 0.0808. The van der Waals surface area contributed by atoms with E-state index in [-0.39, 0.29) is 12.4 Å². The van der Waals surface area contributed by atoms with Crippen molar-refractivity contribution in [2.24, 2.45) is 0 Å². The Kier molecular flexibility index (Phi) is 3.45. The highest BCUT2D eigenvalue weighted by atomic mass is 16.5. The molecule has 1 aliphatic heterocycles. The van der Waals surface area contributed by atoms with Gasteiger partial charge >= 0.3 is 18.0 Å². The van der Waals surface area contributed by atoms with Gasteiger partial charge in [-0.3, -0.25) is 16.0 Å². The van der Waals surface area contributed by atoms with E-state index >= 15 is 0 Å². The van der Waals surface area contributed by atoms with E-state index < -0.39 is 23.6 Å². The molecule has 1 rings (SSSR count).